The maximum Gasteiger partial charge on any atom is 0.184 e. The summed E-state index contributed by atoms with van der Waals surface area (Å²) in [4.78, 5) is 23.8. The van der Waals surface area contributed by atoms with Crippen molar-refractivity contribution in [3.8, 4) is 0 Å². The fraction of sp³-hybridized carbons (Fsp3) is 0.778. The summed E-state index contributed by atoms with van der Waals surface area (Å²) >= 11 is 0. The Hall–Kier alpha value is -1.22. The molecule has 0 radical (unpaired) electrons. The second kappa shape index (κ2) is 13.2. The molecule has 0 aromatic rings. The van der Waals surface area contributed by atoms with Crippen molar-refractivity contribution in [2.75, 3.05) is 0 Å². The van der Waals surface area contributed by atoms with E-state index in [1.165, 1.54) is 50.7 Å². The Bertz CT molecular complexity index is 610. The number of Topliss-reactive ketones (excluding diaryl/α,β-unsaturated/α-hetero) is 1. The van der Waals surface area contributed by atoms with Gasteiger partial charge in [0.05, 0.1) is 5.60 Å². The summed E-state index contributed by atoms with van der Waals surface area (Å²) < 4.78 is 0. The minimum atomic E-state index is -0.788. The van der Waals surface area contributed by atoms with Crippen molar-refractivity contribution < 1.29 is 14.7 Å². The van der Waals surface area contributed by atoms with E-state index in [1.807, 2.05) is 6.92 Å². The van der Waals surface area contributed by atoms with Gasteiger partial charge in [-0.1, -0.05) is 79.1 Å². The van der Waals surface area contributed by atoms with Crippen molar-refractivity contribution in [3.63, 3.8) is 0 Å². The molecule has 0 fully saturated rings. The molecule has 172 valence electrons. The Morgan fingerprint density at radius 3 is 1.93 bits per heavy atom. The number of allylic oxidation sites excluding steroid dienone is 4. The van der Waals surface area contributed by atoms with Crippen molar-refractivity contribution in [1.29, 1.82) is 0 Å². The fourth-order valence-electron chi connectivity index (χ4n) is 4.34. The predicted octanol–water partition coefficient (Wildman–Crippen LogP) is 6.98. The molecule has 0 aliphatic heterocycles. The molecule has 0 spiro atoms. The van der Waals surface area contributed by atoms with E-state index in [0.717, 1.165) is 31.1 Å². The van der Waals surface area contributed by atoms with Gasteiger partial charge >= 0.3 is 0 Å². The molecule has 1 N–H and O–H groups in total. The highest BCUT2D eigenvalue weighted by molar-refractivity contribution is 6.19. The molecule has 0 amide bonds. The van der Waals surface area contributed by atoms with Crippen LogP contribution in [0.25, 0.3) is 0 Å². The van der Waals surface area contributed by atoms with E-state index >= 15 is 0 Å². The molecule has 3 atom stereocenters. The third-order valence-corrected chi connectivity index (χ3v) is 6.54. The predicted molar refractivity (Wildman–Crippen MR) is 126 cm³/mol. The summed E-state index contributed by atoms with van der Waals surface area (Å²) in [5.74, 6) is 2.16. The van der Waals surface area contributed by atoms with Gasteiger partial charge in [0.15, 0.2) is 11.6 Å². The smallest absolute Gasteiger partial charge is 0.184 e. The highest BCUT2D eigenvalue weighted by Crippen LogP contribution is 2.27. The molecule has 0 aromatic carbocycles. The van der Waals surface area contributed by atoms with Gasteiger partial charge in [-0.05, 0) is 63.0 Å². The Labute approximate surface area is 185 Å². The number of ketones is 2. The van der Waals surface area contributed by atoms with Gasteiger partial charge in [-0.2, -0.15) is 0 Å². The van der Waals surface area contributed by atoms with Crippen LogP contribution in [-0.4, -0.2) is 22.3 Å². The Morgan fingerprint density at radius 2 is 1.37 bits per heavy atom. The van der Waals surface area contributed by atoms with Gasteiger partial charge in [-0.15, -0.1) is 0 Å². The van der Waals surface area contributed by atoms with Crippen LogP contribution in [0, 0.1) is 17.8 Å². The molecule has 0 heterocycles. The number of carbonyl (C=O) groups is 2. The molecule has 3 heteroatoms. The molecule has 0 aromatic heterocycles. The van der Waals surface area contributed by atoms with Gasteiger partial charge in [0.2, 0.25) is 0 Å². The lowest BCUT2D eigenvalue weighted by Gasteiger charge is -2.25. The molecule has 3 unspecified atom stereocenters. The van der Waals surface area contributed by atoms with Crippen LogP contribution in [0.4, 0.5) is 0 Å². The highest BCUT2D eigenvalue weighted by atomic mass is 16.3. The van der Waals surface area contributed by atoms with E-state index in [1.54, 1.807) is 6.92 Å². The van der Waals surface area contributed by atoms with Gasteiger partial charge in [-0.25, -0.2) is 0 Å². The monoisotopic (exact) mass is 418 g/mol. The van der Waals surface area contributed by atoms with Gasteiger partial charge in [-0.3, -0.25) is 9.59 Å². The molecule has 1 aliphatic carbocycles. The van der Waals surface area contributed by atoms with Crippen LogP contribution in [0.3, 0.4) is 0 Å². The Morgan fingerprint density at radius 1 is 0.833 bits per heavy atom. The Balaban J connectivity index is 2.20. The minimum absolute atomic E-state index is 0.0579. The van der Waals surface area contributed by atoms with Crippen molar-refractivity contribution in [2.24, 2.45) is 17.8 Å². The number of rotatable bonds is 15. The third kappa shape index (κ3) is 11.2. The molecule has 0 saturated carbocycles. The highest BCUT2D eigenvalue weighted by Gasteiger charge is 2.24. The van der Waals surface area contributed by atoms with Crippen LogP contribution in [0.5, 0.6) is 0 Å². The zero-order valence-electron chi connectivity index (χ0n) is 20.4. The molecule has 30 heavy (non-hydrogen) atoms. The lowest BCUT2D eigenvalue weighted by atomic mass is 9.86. The van der Waals surface area contributed by atoms with E-state index in [0.29, 0.717) is 29.9 Å². The van der Waals surface area contributed by atoms with E-state index < -0.39 is 5.60 Å². The van der Waals surface area contributed by atoms with E-state index in [9.17, 15) is 14.7 Å². The standard InChI is InChI=1S/C27H46O3/c1-20(2)10-7-11-21(3)12-8-13-22(4)14-9-16-27(6,30)17-15-24-19-25(28)18-23(5)26(24)29/h18-22,30H,7-17H2,1-6H3. The number of carbonyl (C=O) groups excluding carboxylic acids is 2. The van der Waals surface area contributed by atoms with Crippen LogP contribution in [0.15, 0.2) is 23.3 Å². The molecular formula is C27H46O3. The maximum atomic E-state index is 12.2. The third-order valence-electron chi connectivity index (χ3n) is 6.54. The van der Waals surface area contributed by atoms with Gasteiger partial charge in [0.25, 0.3) is 0 Å². The molecule has 3 nitrogen and oxygen atoms in total. The van der Waals surface area contributed by atoms with Crippen molar-refractivity contribution in [1.82, 2.24) is 0 Å². The van der Waals surface area contributed by atoms with Crippen molar-refractivity contribution >= 4 is 11.6 Å². The first-order valence-corrected chi connectivity index (χ1v) is 12.2. The second-order valence-corrected chi connectivity index (χ2v) is 10.6. The maximum absolute atomic E-state index is 12.2. The van der Waals surface area contributed by atoms with Crippen LogP contribution < -0.4 is 0 Å². The number of hydrogen-bond acceptors (Lipinski definition) is 3. The van der Waals surface area contributed by atoms with E-state index in [-0.39, 0.29) is 11.6 Å². The zero-order valence-corrected chi connectivity index (χ0v) is 20.4. The lowest BCUT2D eigenvalue weighted by Crippen LogP contribution is -2.25. The van der Waals surface area contributed by atoms with Crippen molar-refractivity contribution in [3.05, 3.63) is 23.3 Å². The van der Waals surface area contributed by atoms with Gasteiger partial charge in [0, 0.05) is 11.1 Å². The lowest BCUT2D eigenvalue weighted by molar-refractivity contribution is -0.115. The molecule has 0 bridgehead atoms. The average molecular weight is 419 g/mol. The fourth-order valence-corrected chi connectivity index (χ4v) is 4.34. The summed E-state index contributed by atoms with van der Waals surface area (Å²) in [6, 6.07) is 0. The quantitative estimate of drug-likeness (QED) is 0.292. The zero-order chi connectivity index (χ0) is 22.7. The van der Waals surface area contributed by atoms with E-state index in [4.69, 9.17) is 0 Å². The summed E-state index contributed by atoms with van der Waals surface area (Å²) in [5.41, 5.74) is 0.250. The van der Waals surface area contributed by atoms with Crippen LogP contribution in [0.1, 0.15) is 112 Å². The van der Waals surface area contributed by atoms with Crippen molar-refractivity contribution in [2.45, 2.75) is 118 Å². The summed E-state index contributed by atoms with van der Waals surface area (Å²) in [5, 5.41) is 10.7. The van der Waals surface area contributed by atoms with Crippen LogP contribution >= 0.6 is 0 Å². The van der Waals surface area contributed by atoms with Crippen LogP contribution in [0.2, 0.25) is 0 Å². The first kappa shape index (κ1) is 26.8. The normalized spacial score (nSPS) is 18.8. The SMILES string of the molecule is CC1=CC(=O)C=C(CCC(C)(O)CCCC(C)CCCC(C)CCCC(C)C)C1=O. The van der Waals surface area contributed by atoms with Crippen LogP contribution in [-0.2, 0) is 9.59 Å². The first-order valence-electron chi connectivity index (χ1n) is 12.2. The molecule has 1 rings (SSSR count). The second-order valence-electron chi connectivity index (χ2n) is 10.6. The number of aliphatic hydroxyl groups is 1. The topological polar surface area (TPSA) is 54.4 Å². The van der Waals surface area contributed by atoms with E-state index in [2.05, 4.69) is 27.7 Å². The number of hydrogen-bond donors (Lipinski definition) is 1. The molecule has 0 saturated heterocycles. The summed E-state index contributed by atoms with van der Waals surface area (Å²) in [6.45, 7) is 12.9. The van der Waals surface area contributed by atoms with Gasteiger partial charge in [0.1, 0.15) is 0 Å². The first-order chi connectivity index (χ1) is 14.0. The molecule has 1 aliphatic rings. The molecular weight excluding hydrogens is 372 g/mol. The minimum Gasteiger partial charge on any atom is -0.390 e. The summed E-state index contributed by atoms with van der Waals surface area (Å²) in [6.07, 6.45) is 14.6. The van der Waals surface area contributed by atoms with Gasteiger partial charge < -0.3 is 5.11 Å². The Kier molecular flexibility index (Phi) is 11.8. The largest absolute Gasteiger partial charge is 0.390 e. The average Bonchev–Trinajstić information content (AvgIpc) is 2.63. The summed E-state index contributed by atoms with van der Waals surface area (Å²) in [7, 11) is 0.